The smallest absolute Gasteiger partial charge is 0.341 e. The van der Waals surface area contributed by atoms with Gasteiger partial charge in [-0.2, -0.15) is 0 Å². The summed E-state index contributed by atoms with van der Waals surface area (Å²) in [5, 5.41) is 7.84. The van der Waals surface area contributed by atoms with E-state index in [-0.39, 0.29) is 6.04 Å². The van der Waals surface area contributed by atoms with E-state index in [1.807, 2.05) is 0 Å². The molecular weight excluding hydrogens is 310 g/mol. The largest absolute Gasteiger partial charge is 0.449 e. The van der Waals surface area contributed by atoms with E-state index in [0.717, 1.165) is 25.7 Å². The summed E-state index contributed by atoms with van der Waals surface area (Å²) in [6.45, 7) is 1.43. The van der Waals surface area contributed by atoms with Crippen LogP contribution in [0.1, 0.15) is 43.0 Å². The molecule has 0 spiro atoms. The van der Waals surface area contributed by atoms with Gasteiger partial charge < -0.3 is 15.4 Å². The maximum Gasteiger partial charge on any atom is 0.341 e. The van der Waals surface area contributed by atoms with E-state index < -0.39 is 24.0 Å². The molecule has 0 bridgehead atoms. The van der Waals surface area contributed by atoms with Crippen molar-refractivity contribution in [3.05, 3.63) is 29.8 Å². The van der Waals surface area contributed by atoms with E-state index in [0.29, 0.717) is 11.3 Å². The van der Waals surface area contributed by atoms with Crippen LogP contribution in [-0.4, -0.2) is 37.1 Å². The molecule has 7 nitrogen and oxygen atoms in total. The first-order valence-electron chi connectivity index (χ1n) is 8.10. The topological polar surface area (TPSA) is 96.5 Å². The number of benzene rings is 1. The number of esters is 1. The lowest BCUT2D eigenvalue weighted by Gasteiger charge is -2.16. The summed E-state index contributed by atoms with van der Waals surface area (Å²) in [5.41, 5.74) is 0.934. The second-order valence-electron chi connectivity index (χ2n) is 5.79. The Morgan fingerprint density at radius 1 is 1.17 bits per heavy atom. The number of nitrogens with one attached hydrogen (secondary N) is 3. The average molecular weight is 333 g/mol. The number of rotatable bonds is 5. The quantitative estimate of drug-likeness (QED) is 0.717. The van der Waals surface area contributed by atoms with Crippen molar-refractivity contribution in [3.63, 3.8) is 0 Å². The van der Waals surface area contributed by atoms with Gasteiger partial charge in [-0.25, -0.2) is 9.59 Å². The molecule has 1 aliphatic rings. The van der Waals surface area contributed by atoms with Crippen LogP contribution in [0, 0.1) is 0 Å². The van der Waals surface area contributed by atoms with Gasteiger partial charge in [-0.1, -0.05) is 25.0 Å². The lowest BCUT2D eigenvalue weighted by atomic mass is 10.2. The molecule has 0 saturated heterocycles. The van der Waals surface area contributed by atoms with Gasteiger partial charge in [0, 0.05) is 18.8 Å². The van der Waals surface area contributed by atoms with Crippen molar-refractivity contribution in [2.24, 2.45) is 0 Å². The molecule has 130 valence electrons. The second-order valence-corrected chi connectivity index (χ2v) is 5.79. The SMILES string of the molecule is CNc1ccccc1C(=O)O[C@@H](C)C(=O)NC(=O)NC1CCCC1. The van der Waals surface area contributed by atoms with Gasteiger partial charge in [-0.3, -0.25) is 10.1 Å². The summed E-state index contributed by atoms with van der Waals surface area (Å²) in [7, 11) is 1.69. The summed E-state index contributed by atoms with van der Waals surface area (Å²) >= 11 is 0. The highest BCUT2D eigenvalue weighted by Gasteiger charge is 2.23. The number of ether oxygens (including phenoxy) is 1. The highest BCUT2D eigenvalue weighted by atomic mass is 16.5. The third kappa shape index (κ3) is 4.71. The molecule has 0 aliphatic heterocycles. The first kappa shape index (κ1) is 17.8. The molecule has 2 rings (SSSR count). The van der Waals surface area contributed by atoms with Crippen LogP contribution < -0.4 is 16.0 Å². The number of urea groups is 1. The molecule has 1 fully saturated rings. The van der Waals surface area contributed by atoms with E-state index in [1.165, 1.54) is 6.92 Å². The molecule has 3 N–H and O–H groups in total. The predicted molar refractivity (Wildman–Crippen MR) is 89.8 cm³/mol. The van der Waals surface area contributed by atoms with Crippen LogP contribution in [0.5, 0.6) is 0 Å². The van der Waals surface area contributed by atoms with Gasteiger partial charge in [0.15, 0.2) is 6.10 Å². The van der Waals surface area contributed by atoms with Gasteiger partial charge >= 0.3 is 12.0 Å². The fraction of sp³-hybridized carbons (Fsp3) is 0.471. The Labute approximate surface area is 141 Å². The summed E-state index contributed by atoms with van der Waals surface area (Å²) in [5.74, 6) is -1.28. The Balaban J connectivity index is 1.86. The van der Waals surface area contributed by atoms with Gasteiger partial charge in [0.2, 0.25) is 0 Å². The van der Waals surface area contributed by atoms with Crippen LogP contribution in [0.15, 0.2) is 24.3 Å². The van der Waals surface area contributed by atoms with Gasteiger partial charge in [-0.05, 0) is 31.9 Å². The number of imide groups is 1. The maximum absolute atomic E-state index is 12.2. The number of hydrogen-bond donors (Lipinski definition) is 3. The highest BCUT2D eigenvalue weighted by molar-refractivity contribution is 6.00. The summed E-state index contributed by atoms with van der Waals surface area (Å²) < 4.78 is 5.14. The lowest BCUT2D eigenvalue weighted by Crippen LogP contribution is -2.47. The summed E-state index contributed by atoms with van der Waals surface area (Å²) in [4.78, 5) is 35.9. The van der Waals surface area contributed by atoms with Crippen LogP contribution in [-0.2, 0) is 9.53 Å². The van der Waals surface area contributed by atoms with E-state index in [4.69, 9.17) is 4.74 Å². The average Bonchev–Trinajstić information content (AvgIpc) is 3.07. The summed E-state index contributed by atoms with van der Waals surface area (Å²) in [6.07, 6.45) is 2.94. The van der Waals surface area contributed by atoms with Crippen molar-refractivity contribution >= 4 is 23.6 Å². The number of carbonyl (C=O) groups is 3. The van der Waals surface area contributed by atoms with Crippen molar-refractivity contribution in [2.75, 3.05) is 12.4 Å². The van der Waals surface area contributed by atoms with Crippen LogP contribution in [0.2, 0.25) is 0 Å². The molecule has 0 aromatic heterocycles. The summed E-state index contributed by atoms with van der Waals surface area (Å²) in [6, 6.07) is 6.38. The minimum Gasteiger partial charge on any atom is -0.449 e. The molecule has 1 atom stereocenters. The molecule has 1 aromatic rings. The van der Waals surface area contributed by atoms with Crippen molar-refractivity contribution in [3.8, 4) is 0 Å². The zero-order chi connectivity index (χ0) is 17.5. The molecule has 1 aromatic carbocycles. The van der Waals surface area contributed by atoms with Gasteiger partial charge in [-0.15, -0.1) is 0 Å². The van der Waals surface area contributed by atoms with Gasteiger partial charge in [0.25, 0.3) is 5.91 Å². The Bertz CT molecular complexity index is 612. The van der Waals surface area contributed by atoms with Gasteiger partial charge in [0.1, 0.15) is 0 Å². The van der Waals surface area contributed by atoms with Crippen molar-refractivity contribution < 1.29 is 19.1 Å². The molecule has 1 saturated carbocycles. The standard InChI is InChI=1S/C17H23N3O4/c1-11(15(21)20-17(23)19-12-7-3-4-8-12)24-16(22)13-9-5-6-10-14(13)18-2/h5-6,9-12,18H,3-4,7-8H2,1-2H3,(H2,19,20,21,23)/t11-/m0/s1. The maximum atomic E-state index is 12.2. The minimum absolute atomic E-state index is 0.109. The number of amides is 3. The van der Waals surface area contributed by atoms with Crippen LogP contribution in [0.25, 0.3) is 0 Å². The molecule has 1 aliphatic carbocycles. The minimum atomic E-state index is -1.07. The Morgan fingerprint density at radius 2 is 1.83 bits per heavy atom. The third-order valence-electron chi connectivity index (χ3n) is 4.00. The monoisotopic (exact) mass is 333 g/mol. The molecule has 7 heteroatoms. The highest BCUT2D eigenvalue weighted by Crippen LogP contribution is 2.17. The lowest BCUT2D eigenvalue weighted by molar-refractivity contribution is -0.127. The van der Waals surface area contributed by atoms with E-state index >= 15 is 0 Å². The van der Waals surface area contributed by atoms with Crippen LogP contribution >= 0.6 is 0 Å². The van der Waals surface area contributed by atoms with Crippen LogP contribution in [0.4, 0.5) is 10.5 Å². The van der Waals surface area contributed by atoms with E-state index in [1.54, 1.807) is 31.3 Å². The predicted octanol–water partition coefficient (Wildman–Crippen LogP) is 2.04. The molecular formula is C17H23N3O4. The fourth-order valence-electron chi connectivity index (χ4n) is 2.66. The van der Waals surface area contributed by atoms with E-state index in [2.05, 4.69) is 16.0 Å². The molecule has 24 heavy (non-hydrogen) atoms. The normalized spacial score (nSPS) is 15.4. The van der Waals surface area contributed by atoms with Crippen molar-refractivity contribution in [1.29, 1.82) is 0 Å². The zero-order valence-electron chi connectivity index (χ0n) is 13.9. The molecule has 3 amide bonds. The van der Waals surface area contributed by atoms with Crippen LogP contribution in [0.3, 0.4) is 0 Å². The second kappa shape index (κ2) is 8.33. The Morgan fingerprint density at radius 3 is 2.50 bits per heavy atom. The third-order valence-corrected chi connectivity index (χ3v) is 4.00. The Kier molecular flexibility index (Phi) is 6.17. The van der Waals surface area contributed by atoms with Gasteiger partial charge in [0.05, 0.1) is 5.56 Å². The molecule has 0 unspecified atom stereocenters. The number of para-hydroxylation sites is 1. The first-order chi connectivity index (χ1) is 11.5. The zero-order valence-corrected chi connectivity index (χ0v) is 13.9. The fourth-order valence-corrected chi connectivity index (χ4v) is 2.66. The molecule has 0 heterocycles. The number of hydrogen-bond acceptors (Lipinski definition) is 5. The van der Waals surface area contributed by atoms with Crippen molar-refractivity contribution in [2.45, 2.75) is 44.8 Å². The Hall–Kier alpha value is -2.57. The number of anilines is 1. The molecule has 0 radical (unpaired) electrons. The van der Waals surface area contributed by atoms with E-state index in [9.17, 15) is 14.4 Å². The first-order valence-corrected chi connectivity index (χ1v) is 8.10. The number of carbonyl (C=O) groups excluding carboxylic acids is 3. The van der Waals surface area contributed by atoms with Crippen molar-refractivity contribution in [1.82, 2.24) is 10.6 Å².